The molecule has 0 atom stereocenters. The van der Waals surface area contributed by atoms with Gasteiger partial charge in [-0.1, -0.05) is 37.5 Å². The summed E-state index contributed by atoms with van der Waals surface area (Å²) in [6, 6.07) is 8.91. The van der Waals surface area contributed by atoms with E-state index in [1.807, 2.05) is 18.0 Å². The number of nitrogens with one attached hydrogen (secondary N) is 1. The van der Waals surface area contributed by atoms with Crippen molar-refractivity contribution in [1.82, 2.24) is 9.62 Å². The highest BCUT2D eigenvalue weighted by atomic mass is 32.2. The van der Waals surface area contributed by atoms with Gasteiger partial charge in [0, 0.05) is 25.6 Å². The van der Waals surface area contributed by atoms with Gasteiger partial charge in [0.2, 0.25) is 15.9 Å². The fourth-order valence-corrected chi connectivity index (χ4v) is 5.60. The van der Waals surface area contributed by atoms with E-state index in [1.165, 1.54) is 19.3 Å². The van der Waals surface area contributed by atoms with Gasteiger partial charge < -0.3 is 4.90 Å². The highest BCUT2D eigenvalue weighted by Crippen LogP contribution is 2.31. The predicted octanol–water partition coefficient (Wildman–Crippen LogP) is 3.56. The Bertz CT molecular complexity index is 706. The zero-order chi connectivity index (χ0) is 19.3. The molecule has 0 aliphatic heterocycles. The molecule has 0 aromatic heterocycles. The summed E-state index contributed by atoms with van der Waals surface area (Å²) in [5, 5.41) is 0. The van der Waals surface area contributed by atoms with Gasteiger partial charge in [0.25, 0.3) is 0 Å². The van der Waals surface area contributed by atoms with Gasteiger partial charge in [-0.2, -0.15) is 0 Å². The minimum atomic E-state index is -3.44. The van der Waals surface area contributed by atoms with Gasteiger partial charge in [0.05, 0.1) is 4.90 Å². The molecule has 0 unspecified atom stereocenters. The molecule has 3 rings (SSSR count). The zero-order valence-corrected chi connectivity index (χ0v) is 17.1. The summed E-state index contributed by atoms with van der Waals surface area (Å²) >= 11 is 0. The Hall–Kier alpha value is -1.40. The lowest BCUT2D eigenvalue weighted by Crippen LogP contribution is -2.43. The second kappa shape index (κ2) is 9.20. The average Bonchev–Trinajstić information content (AvgIpc) is 2.73. The third kappa shape index (κ3) is 5.32. The second-order valence-electron chi connectivity index (χ2n) is 8.12. The molecule has 2 fully saturated rings. The fraction of sp³-hybridized carbons (Fsp3) is 0.667. The minimum Gasteiger partial charge on any atom is -0.343 e. The Morgan fingerprint density at radius 1 is 1.00 bits per heavy atom. The molecule has 150 valence electrons. The van der Waals surface area contributed by atoms with Crippen LogP contribution in [0.25, 0.3) is 0 Å². The van der Waals surface area contributed by atoms with Gasteiger partial charge in [0.15, 0.2) is 0 Å². The number of benzene rings is 1. The van der Waals surface area contributed by atoms with Crippen molar-refractivity contribution in [1.29, 1.82) is 0 Å². The van der Waals surface area contributed by atoms with Crippen LogP contribution in [-0.2, 0) is 14.8 Å². The van der Waals surface area contributed by atoms with Crippen LogP contribution in [0.5, 0.6) is 0 Å². The molecule has 6 heteroatoms. The SMILES string of the molecule is CN(C(=O)C1CCC(CNS(=O)(=O)c2ccccc2)CC1)C1CCCCC1. The van der Waals surface area contributed by atoms with Crippen molar-refractivity contribution >= 4 is 15.9 Å². The van der Waals surface area contributed by atoms with Crippen molar-refractivity contribution in [3.63, 3.8) is 0 Å². The van der Waals surface area contributed by atoms with E-state index in [1.54, 1.807) is 24.3 Å². The monoisotopic (exact) mass is 392 g/mol. The molecule has 2 saturated carbocycles. The van der Waals surface area contributed by atoms with Crippen molar-refractivity contribution in [3.8, 4) is 0 Å². The molecule has 1 amide bonds. The van der Waals surface area contributed by atoms with Crippen LogP contribution in [0.3, 0.4) is 0 Å². The summed E-state index contributed by atoms with van der Waals surface area (Å²) in [5.41, 5.74) is 0. The van der Waals surface area contributed by atoms with Gasteiger partial charge in [-0.15, -0.1) is 0 Å². The maximum Gasteiger partial charge on any atom is 0.240 e. The van der Waals surface area contributed by atoms with Crippen LogP contribution >= 0.6 is 0 Å². The van der Waals surface area contributed by atoms with Crippen molar-refractivity contribution in [3.05, 3.63) is 30.3 Å². The Labute approximate surface area is 163 Å². The minimum absolute atomic E-state index is 0.110. The van der Waals surface area contributed by atoms with E-state index in [9.17, 15) is 13.2 Å². The number of rotatable bonds is 6. The molecule has 0 saturated heterocycles. The Kier molecular flexibility index (Phi) is 6.93. The van der Waals surface area contributed by atoms with Gasteiger partial charge in [0.1, 0.15) is 0 Å². The van der Waals surface area contributed by atoms with Crippen LogP contribution in [0.1, 0.15) is 57.8 Å². The van der Waals surface area contributed by atoms with Crippen LogP contribution < -0.4 is 4.72 Å². The van der Waals surface area contributed by atoms with Gasteiger partial charge >= 0.3 is 0 Å². The predicted molar refractivity (Wildman–Crippen MR) is 107 cm³/mol. The number of sulfonamides is 1. The number of nitrogens with zero attached hydrogens (tertiary/aromatic N) is 1. The van der Waals surface area contributed by atoms with Gasteiger partial charge in [-0.05, 0) is 56.6 Å². The zero-order valence-electron chi connectivity index (χ0n) is 16.3. The first-order valence-electron chi connectivity index (χ1n) is 10.3. The highest BCUT2D eigenvalue weighted by molar-refractivity contribution is 7.89. The molecule has 27 heavy (non-hydrogen) atoms. The van der Waals surface area contributed by atoms with E-state index in [2.05, 4.69) is 4.72 Å². The Morgan fingerprint density at radius 2 is 1.63 bits per heavy atom. The van der Waals surface area contributed by atoms with Gasteiger partial charge in [-0.3, -0.25) is 4.79 Å². The van der Waals surface area contributed by atoms with Crippen LogP contribution in [0.4, 0.5) is 0 Å². The molecular formula is C21H32N2O3S. The summed E-state index contributed by atoms with van der Waals surface area (Å²) < 4.78 is 27.4. The van der Waals surface area contributed by atoms with Crippen LogP contribution in [0.2, 0.25) is 0 Å². The quantitative estimate of drug-likeness (QED) is 0.805. The standard InChI is InChI=1S/C21H32N2O3S/c1-23(19-8-4-2-5-9-19)21(24)18-14-12-17(13-15-18)16-22-27(25,26)20-10-6-3-7-11-20/h3,6-7,10-11,17-19,22H,2,4-5,8-9,12-16H2,1H3. The third-order valence-corrected chi connectivity index (χ3v) is 7.72. The maximum atomic E-state index is 12.8. The first-order chi connectivity index (χ1) is 13.0. The van der Waals surface area contributed by atoms with Crippen molar-refractivity contribution in [2.24, 2.45) is 11.8 Å². The number of hydrogen-bond donors (Lipinski definition) is 1. The molecule has 0 radical (unpaired) electrons. The van der Waals surface area contributed by atoms with Crippen LogP contribution in [-0.4, -0.2) is 38.9 Å². The molecule has 0 heterocycles. The molecule has 2 aliphatic rings. The lowest BCUT2D eigenvalue weighted by atomic mass is 9.81. The van der Waals surface area contributed by atoms with Crippen LogP contribution in [0.15, 0.2) is 35.2 Å². The Balaban J connectivity index is 1.45. The van der Waals surface area contributed by atoms with E-state index < -0.39 is 10.0 Å². The highest BCUT2D eigenvalue weighted by Gasteiger charge is 2.31. The lowest BCUT2D eigenvalue weighted by molar-refractivity contribution is -0.138. The number of carbonyl (C=O) groups is 1. The van der Waals surface area contributed by atoms with Crippen molar-refractivity contribution < 1.29 is 13.2 Å². The second-order valence-corrected chi connectivity index (χ2v) is 9.89. The summed E-state index contributed by atoms with van der Waals surface area (Å²) in [4.78, 5) is 15.1. The summed E-state index contributed by atoms with van der Waals surface area (Å²) in [7, 11) is -1.47. The smallest absolute Gasteiger partial charge is 0.240 e. The summed E-state index contributed by atoms with van der Waals surface area (Å²) in [6.07, 6.45) is 9.59. The van der Waals surface area contributed by atoms with E-state index in [0.717, 1.165) is 38.5 Å². The largest absolute Gasteiger partial charge is 0.343 e. The molecule has 1 N–H and O–H groups in total. The third-order valence-electron chi connectivity index (χ3n) is 6.28. The number of amides is 1. The molecular weight excluding hydrogens is 360 g/mol. The van der Waals surface area contributed by atoms with E-state index in [0.29, 0.717) is 29.3 Å². The Morgan fingerprint density at radius 3 is 2.26 bits per heavy atom. The lowest BCUT2D eigenvalue weighted by Gasteiger charge is -2.36. The van der Waals surface area contributed by atoms with E-state index in [4.69, 9.17) is 0 Å². The first kappa shape index (κ1) is 20.3. The average molecular weight is 393 g/mol. The molecule has 0 spiro atoms. The molecule has 1 aromatic carbocycles. The van der Waals surface area contributed by atoms with Crippen molar-refractivity contribution in [2.45, 2.75) is 68.7 Å². The van der Waals surface area contributed by atoms with Crippen molar-refractivity contribution in [2.75, 3.05) is 13.6 Å². The van der Waals surface area contributed by atoms with E-state index >= 15 is 0 Å². The van der Waals surface area contributed by atoms with Gasteiger partial charge in [-0.25, -0.2) is 13.1 Å². The number of hydrogen-bond acceptors (Lipinski definition) is 3. The molecule has 5 nitrogen and oxygen atoms in total. The van der Waals surface area contributed by atoms with E-state index in [-0.39, 0.29) is 5.92 Å². The molecule has 0 bridgehead atoms. The molecule has 1 aromatic rings. The van der Waals surface area contributed by atoms with Crippen LogP contribution in [0, 0.1) is 11.8 Å². The fourth-order valence-electron chi connectivity index (χ4n) is 4.46. The number of carbonyl (C=O) groups excluding carboxylic acids is 1. The molecule has 2 aliphatic carbocycles. The normalized spacial score (nSPS) is 24.5. The topological polar surface area (TPSA) is 66.5 Å². The summed E-state index contributed by atoms with van der Waals surface area (Å²) in [5.74, 6) is 0.719. The summed E-state index contributed by atoms with van der Waals surface area (Å²) in [6.45, 7) is 0.455. The maximum absolute atomic E-state index is 12.8. The first-order valence-corrected chi connectivity index (χ1v) is 11.8.